The largest absolute Gasteiger partial charge is 0.384 e. The van der Waals surface area contributed by atoms with Gasteiger partial charge in [-0.1, -0.05) is 30.3 Å². The van der Waals surface area contributed by atoms with Crippen molar-refractivity contribution < 1.29 is 4.79 Å². The van der Waals surface area contributed by atoms with Gasteiger partial charge in [0.05, 0.1) is 0 Å². The Morgan fingerprint density at radius 2 is 1.81 bits per heavy atom. The van der Waals surface area contributed by atoms with E-state index in [9.17, 15) is 4.79 Å². The van der Waals surface area contributed by atoms with Gasteiger partial charge in [-0.25, -0.2) is 4.98 Å². The number of aryl methyl sites for hydroxylation is 1. The average Bonchev–Trinajstić information content (AvgIpc) is 2.46. The van der Waals surface area contributed by atoms with Crippen LogP contribution in [0.5, 0.6) is 0 Å². The van der Waals surface area contributed by atoms with Crippen LogP contribution < -0.4 is 11.1 Å². The molecule has 0 saturated heterocycles. The van der Waals surface area contributed by atoms with Crippen molar-refractivity contribution in [1.82, 2.24) is 4.98 Å². The maximum atomic E-state index is 12.3. The van der Waals surface area contributed by atoms with Gasteiger partial charge in [0, 0.05) is 16.9 Å². The summed E-state index contributed by atoms with van der Waals surface area (Å²) in [7, 11) is 0. The number of carbonyl (C=O) groups excluding carboxylic acids is 1. The standard InChI is InChI=1S/C17H15N3O/c1-11-8-14(10-16(18)19-11)17(21)20-15-7-6-12-4-2-3-5-13(12)9-15/h2-10H,1H3,(H2,18,19)(H,20,21). The lowest BCUT2D eigenvalue weighted by Gasteiger charge is -2.08. The summed E-state index contributed by atoms with van der Waals surface area (Å²) in [6.07, 6.45) is 0. The van der Waals surface area contributed by atoms with Crippen LogP contribution in [0.3, 0.4) is 0 Å². The molecule has 0 aliphatic rings. The summed E-state index contributed by atoms with van der Waals surface area (Å²) in [5.74, 6) is 0.154. The minimum absolute atomic E-state index is 0.192. The van der Waals surface area contributed by atoms with E-state index in [1.807, 2.05) is 49.4 Å². The van der Waals surface area contributed by atoms with Gasteiger partial charge in [-0.05, 0) is 42.0 Å². The molecule has 0 fully saturated rings. The lowest BCUT2D eigenvalue weighted by Crippen LogP contribution is -2.13. The summed E-state index contributed by atoms with van der Waals surface area (Å²) in [4.78, 5) is 16.3. The van der Waals surface area contributed by atoms with E-state index in [2.05, 4.69) is 10.3 Å². The molecule has 2 aromatic carbocycles. The Morgan fingerprint density at radius 1 is 1.05 bits per heavy atom. The molecule has 1 aromatic heterocycles. The molecule has 3 aromatic rings. The molecule has 0 bridgehead atoms. The van der Waals surface area contributed by atoms with Gasteiger partial charge in [-0.2, -0.15) is 0 Å². The van der Waals surface area contributed by atoms with E-state index in [0.29, 0.717) is 11.4 Å². The van der Waals surface area contributed by atoms with E-state index in [0.717, 1.165) is 22.2 Å². The number of nitrogens with one attached hydrogen (secondary N) is 1. The molecule has 0 spiro atoms. The molecule has 3 N–H and O–H groups in total. The van der Waals surface area contributed by atoms with Gasteiger partial charge in [0.25, 0.3) is 5.91 Å². The fraction of sp³-hybridized carbons (Fsp3) is 0.0588. The van der Waals surface area contributed by atoms with Crippen LogP contribution in [0.4, 0.5) is 11.5 Å². The van der Waals surface area contributed by atoms with E-state index >= 15 is 0 Å². The van der Waals surface area contributed by atoms with Crippen LogP contribution in [-0.4, -0.2) is 10.9 Å². The number of rotatable bonds is 2. The van der Waals surface area contributed by atoms with Gasteiger partial charge in [0.1, 0.15) is 5.82 Å². The molecule has 0 aliphatic heterocycles. The van der Waals surface area contributed by atoms with E-state index in [4.69, 9.17) is 5.73 Å². The van der Waals surface area contributed by atoms with Crippen molar-refractivity contribution in [3.63, 3.8) is 0 Å². The van der Waals surface area contributed by atoms with Crippen LogP contribution >= 0.6 is 0 Å². The second-order valence-electron chi connectivity index (χ2n) is 4.94. The molecule has 104 valence electrons. The fourth-order valence-corrected chi connectivity index (χ4v) is 2.30. The number of hydrogen-bond acceptors (Lipinski definition) is 3. The third-order valence-corrected chi connectivity index (χ3v) is 3.24. The zero-order chi connectivity index (χ0) is 14.8. The number of hydrogen-bond donors (Lipinski definition) is 2. The van der Waals surface area contributed by atoms with Crippen molar-refractivity contribution in [2.24, 2.45) is 0 Å². The number of pyridine rings is 1. The minimum Gasteiger partial charge on any atom is -0.384 e. The summed E-state index contributed by atoms with van der Waals surface area (Å²) in [5, 5.41) is 5.10. The first-order chi connectivity index (χ1) is 10.1. The Balaban J connectivity index is 1.88. The lowest BCUT2D eigenvalue weighted by atomic mass is 10.1. The summed E-state index contributed by atoms with van der Waals surface area (Å²) in [5.41, 5.74) is 7.66. The van der Waals surface area contributed by atoms with Gasteiger partial charge in [0.2, 0.25) is 0 Å². The van der Waals surface area contributed by atoms with Crippen molar-refractivity contribution in [3.05, 3.63) is 65.9 Å². The van der Waals surface area contributed by atoms with Gasteiger partial charge in [-0.3, -0.25) is 4.79 Å². The van der Waals surface area contributed by atoms with Crippen molar-refractivity contribution in [1.29, 1.82) is 0 Å². The predicted molar refractivity (Wildman–Crippen MR) is 85.3 cm³/mol. The summed E-state index contributed by atoms with van der Waals surface area (Å²) < 4.78 is 0. The number of benzene rings is 2. The van der Waals surface area contributed by atoms with E-state index in [-0.39, 0.29) is 5.91 Å². The van der Waals surface area contributed by atoms with E-state index < -0.39 is 0 Å². The van der Waals surface area contributed by atoms with Gasteiger partial charge in [-0.15, -0.1) is 0 Å². The molecular weight excluding hydrogens is 262 g/mol. The Morgan fingerprint density at radius 3 is 2.57 bits per heavy atom. The highest BCUT2D eigenvalue weighted by atomic mass is 16.1. The number of aromatic nitrogens is 1. The van der Waals surface area contributed by atoms with Crippen molar-refractivity contribution >= 4 is 28.2 Å². The highest BCUT2D eigenvalue weighted by Gasteiger charge is 2.08. The zero-order valence-corrected chi connectivity index (χ0v) is 11.6. The van der Waals surface area contributed by atoms with Crippen molar-refractivity contribution in [3.8, 4) is 0 Å². The SMILES string of the molecule is Cc1cc(C(=O)Nc2ccc3ccccc3c2)cc(N)n1. The topological polar surface area (TPSA) is 68.0 Å². The van der Waals surface area contributed by atoms with Crippen LogP contribution in [0.2, 0.25) is 0 Å². The van der Waals surface area contributed by atoms with Gasteiger partial charge >= 0.3 is 0 Å². The Kier molecular flexibility index (Phi) is 3.28. The van der Waals surface area contributed by atoms with Crippen molar-refractivity contribution in [2.75, 3.05) is 11.1 Å². The molecular formula is C17H15N3O. The van der Waals surface area contributed by atoms with E-state index in [1.165, 1.54) is 0 Å². The molecule has 3 rings (SSSR count). The monoisotopic (exact) mass is 277 g/mol. The quantitative estimate of drug-likeness (QED) is 0.754. The number of nitrogen functional groups attached to an aromatic ring is 1. The molecule has 0 atom stereocenters. The summed E-state index contributed by atoms with van der Waals surface area (Å²) in [6.45, 7) is 1.81. The normalized spacial score (nSPS) is 10.5. The molecule has 4 nitrogen and oxygen atoms in total. The van der Waals surface area contributed by atoms with Crippen LogP contribution in [0.15, 0.2) is 54.6 Å². The van der Waals surface area contributed by atoms with Crippen LogP contribution in [-0.2, 0) is 0 Å². The molecule has 1 heterocycles. The summed E-state index contributed by atoms with van der Waals surface area (Å²) >= 11 is 0. The first kappa shape index (κ1) is 13.1. The Hall–Kier alpha value is -2.88. The van der Waals surface area contributed by atoms with Crippen LogP contribution in [0.1, 0.15) is 16.1 Å². The first-order valence-electron chi connectivity index (χ1n) is 6.66. The highest BCUT2D eigenvalue weighted by molar-refractivity contribution is 6.05. The molecule has 4 heteroatoms. The third-order valence-electron chi connectivity index (χ3n) is 3.24. The predicted octanol–water partition coefficient (Wildman–Crippen LogP) is 3.38. The highest BCUT2D eigenvalue weighted by Crippen LogP contribution is 2.19. The molecule has 0 radical (unpaired) electrons. The zero-order valence-electron chi connectivity index (χ0n) is 11.6. The van der Waals surface area contributed by atoms with Crippen molar-refractivity contribution in [2.45, 2.75) is 6.92 Å². The molecule has 0 unspecified atom stereocenters. The fourth-order valence-electron chi connectivity index (χ4n) is 2.30. The smallest absolute Gasteiger partial charge is 0.255 e. The molecule has 1 amide bonds. The summed E-state index contributed by atoms with van der Waals surface area (Å²) in [6, 6.07) is 17.1. The second-order valence-corrected chi connectivity index (χ2v) is 4.94. The number of carbonyl (C=O) groups is 1. The maximum Gasteiger partial charge on any atom is 0.255 e. The number of nitrogens with two attached hydrogens (primary N) is 1. The molecule has 0 aliphatic carbocycles. The average molecular weight is 277 g/mol. The Bertz CT molecular complexity index is 807. The third kappa shape index (κ3) is 2.84. The number of anilines is 2. The number of fused-ring (bicyclic) bond motifs is 1. The van der Waals surface area contributed by atoms with Crippen LogP contribution in [0.25, 0.3) is 10.8 Å². The van der Waals surface area contributed by atoms with Gasteiger partial charge < -0.3 is 11.1 Å². The lowest BCUT2D eigenvalue weighted by molar-refractivity contribution is 0.102. The number of nitrogens with zero attached hydrogens (tertiary/aromatic N) is 1. The minimum atomic E-state index is -0.192. The van der Waals surface area contributed by atoms with Crippen LogP contribution in [0, 0.1) is 6.92 Å². The molecule has 0 saturated carbocycles. The Labute approximate surface area is 122 Å². The second kappa shape index (κ2) is 5.25. The molecule has 21 heavy (non-hydrogen) atoms. The first-order valence-corrected chi connectivity index (χ1v) is 6.66. The van der Waals surface area contributed by atoms with Gasteiger partial charge in [0.15, 0.2) is 0 Å². The maximum absolute atomic E-state index is 12.3. The van der Waals surface area contributed by atoms with E-state index in [1.54, 1.807) is 12.1 Å². The number of amides is 1.